The number of hydrogen-bond acceptors (Lipinski definition) is 2. The number of aryl methyl sites for hydroxylation is 1. The van der Waals surface area contributed by atoms with E-state index >= 15 is 0 Å². The highest BCUT2D eigenvalue weighted by Gasteiger charge is 2.31. The van der Waals surface area contributed by atoms with Gasteiger partial charge >= 0.3 is 6.03 Å². The first-order valence-corrected chi connectivity index (χ1v) is 10.6. The molecule has 0 unspecified atom stereocenters. The zero-order valence-electron chi connectivity index (χ0n) is 16.7. The summed E-state index contributed by atoms with van der Waals surface area (Å²) < 4.78 is 0. The number of carbonyl (C=O) groups excluding carboxylic acids is 2. The molecule has 2 N–H and O–H groups in total. The molecule has 0 bridgehead atoms. The number of rotatable bonds is 7. The van der Waals surface area contributed by atoms with E-state index in [1.54, 1.807) is 4.90 Å². The molecule has 0 aromatic heterocycles. The largest absolute Gasteiger partial charge is 0.336 e. The molecule has 3 amide bonds. The van der Waals surface area contributed by atoms with E-state index in [1.807, 2.05) is 48.5 Å². The molecule has 3 rings (SSSR count). The van der Waals surface area contributed by atoms with E-state index in [4.69, 9.17) is 11.6 Å². The highest BCUT2D eigenvalue weighted by atomic mass is 35.5. The molecular formula is C23H28ClN3O2. The van der Waals surface area contributed by atoms with Crippen LogP contribution in [0.25, 0.3) is 0 Å². The Kier molecular flexibility index (Phi) is 7.53. The van der Waals surface area contributed by atoms with Crippen molar-refractivity contribution in [1.82, 2.24) is 10.2 Å². The fraction of sp³-hybridized carbons (Fsp3) is 0.391. The molecule has 0 radical (unpaired) electrons. The molecule has 0 heterocycles. The van der Waals surface area contributed by atoms with E-state index in [0.717, 1.165) is 49.8 Å². The third kappa shape index (κ3) is 5.73. The summed E-state index contributed by atoms with van der Waals surface area (Å²) in [5.74, 6) is 0. The Morgan fingerprint density at radius 2 is 1.86 bits per heavy atom. The average Bonchev–Trinajstić information content (AvgIpc) is 2.74. The number of hydrogen-bond donors (Lipinski definition) is 2. The molecule has 0 spiro atoms. The maximum atomic E-state index is 12.6. The Bertz CT molecular complexity index is 825. The normalized spacial score (nSPS) is 18.7. The summed E-state index contributed by atoms with van der Waals surface area (Å²) in [6.45, 7) is 2.53. The van der Waals surface area contributed by atoms with Crippen molar-refractivity contribution in [3.8, 4) is 0 Å². The smallest absolute Gasteiger partial charge is 0.319 e. The number of nitrogens with zero attached hydrogens (tertiary/aromatic N) is 1. The molecule has 1 saturated carbocycles. The predicted molar refractivity (Wildman–Crippen MR) is 117 cm³/mol. The molecule has 2 aromatic carbocycles. The Morgan fingerprint density at radius 1 is 1.14 bits per heavy atom. The molecule has 0 aliphatic heterocycles. The van der Waals surface area contributed by atoms with Gasteiger partial charge in [-0.2, -0.15) is 0 Å². The maximum absolute atomic E-state index is 12.6. The Labute approximate surface area is 177 Å². The highest BCUT2D eigenvalue weighted by molar-refractivity contribution is 6.31. The standard InChI is InChI=1S/C23H28ClN3O2/c1-2-17-11-13-19(14-12-17)25-23(29)26-21-9-5-6-10-22(21)27(16-28)15-18-7-3-4-8-20(18)24/h3-4,7-8,11-14,16,21-22H,2,5-6,9-10,15H2,1H3,(H2,25,26,29)/t21-,22-/m0/s1. The highest BCUT2D eigenvalue weighted by Crippen LogP contribution is 2.26. The van der Waals surface area contributed by atoms with E-state index in [1.165, 1.54) is 5.56 Å². The van der Waals surface area contributed by atoms with Crippen molar-refractivity contribution in [3.63, 3.8) is 0 Å². The molecular weight excluding hydrogens is 386 g/mol. The molecule has 5 nitrogen and oxygen atoms in total. The Balaban J connectivity index is 1.65. The Hall–Kier alpha value is -2.53. The number of carbonyl (C=O) groups is 2. The lowest BCUT2D eigenvalue weighted by Crippen LogP contribution is -2.53. The van der Waals surface area contributed by atoms with Crippen LogP contribution < -0.4 is 10.6 Å². The van der Waals surface area contributed by atoms with Crippen molar-refractivity contribution in [2.75, 3.05) is 5.32 Å². The molecule has 1 fully saturated rings. The van der Waals surface area contributed by atoms with Crippen molar-refractivity contribution >= 4 is 29.7 Å². The SMILES string of the molecule is CCc1ccc(NC(=O)N[C@H]2CCCC[C@@H]2N(C=O)Cc2ccccc2Cl)cc1. The summed E-state index contributed by atoms with van der Waals surface area (Å²) in [5.41, 5.74) is 2.89. The summed E-state index contributed by atoms with van der Waals surface area (Å²) in [7, 11) is 0. The summed E-state index contributed by atoms with van der Waals surface area (Å²) in [6.07, 6.45) is 5.61. The zero-order chi connectivity index (χ0) is 20.6. The van der Waals surface area contributed by atoms with Crippen LogP contribution in [0.2, 0.25) is 5.02 Å². The van der Waals surface area contributed by atoms with Crippen molar-refractivity contribution in [3.05, 3.63) is 64.7 Å². The van der Waals surface area contributed by atoms with E-state index in [0.29, 0.717) is 11.6 Å². The summed E-state index contributed by atoms with van der Waals surface area (Å²) in [5, 5.41) is 6.62. The van der Waals surface area contributed by atoms with E-state index in [-0.39, 0.29) is 18.1 Å². The van der Waals surface area contributed by atoms with Gasteiger partial charge in [0.1, 0.15) is 0 Å². The quantitative estimate of drug-likeness (QED) is 0.628. The van der Waals surface area contributed by atoms with Crippen LogP contribution >= 0.6 is 11.6 Å². The molecule has 0 saturated heterocycles. The first-order valence-electron chi connectivity index (χ1n) is 10.2. The third-order valence-electron chi connectivity index (χ3n) is 5.54. The molecule has 154 valence electrons. The minimum atomic E-state index is -0.241. The Morgan fingerprint density at radius 3 is 2.55 bits per heavy atom. The van der Waals surface area contributed by atoms with Crippen LogP contribution in [0.1, 0.15) is 43.7 Å². The number of halogens is 1. The summed E-state index contributed by atoms with van der Waals surface area (Å²) in [4.78, 5) is 26.2. The van der Waals surface area contributed by atoms with E-state index < -0.39 is 0 Å². The lowest BCUT2D eigenvalue weighted by Gasteiger charge is -2.38. The molecule has 2 atom stereocenters. The van der Waals surface area contributed by atoms with Crippen LogP contribution in [0.4, 0.5) is 10.5 Å². The van der Waals surface area contributed by atoms with Crippen molar-refractivity contribution in [2.45, 2.75) is 57.7 Å². The lowest BCUT2D eigenvalue weighted by molar-refractivity contribution is -0.122. The first kappa shape index (κ1) is 21.2. The second-order valence-electron chi connectivity index (χ2n) is 7.48. The number of nitrogens with one attached hydrogen (secondary N) is 2. The molecule has 2 aromatic rings. The van der Waals surface area contributed by atoms with Gasteiger partial charge in [0.2, 0.25) is 6.41 Å². The van der Waals surface area contributed by atoms with Gasteiger partial charge in [-0.15, -0.1) is 0 Å². The predicted octanol–water partition coefficient (Wildman–Crippen LogP) is 4.99. The van der Waals surface area contributed by atoms with Crippen molar-refractivity contribution in [1.29, 1.82) is 0 Å². The van der Waals surface area contributed by atoms with Crippen LogP contribution in [0, 0.1) is 0 Å². The van der Waals surface area contributed by atoms with Crippen molar-refractivity contribution in [2.24, 2.45) is 0 Å². The second kappa shape index (κ2) is 10.3. The maximum Gasteiger partial charge on any atom is 0.319 e. The van der Waals surface area contributed by atoms with E-state index in [9.17, 15) is 9.59 Å². The number of urea groups is 1. The fourth-order valence-electron chi connectivity index (χ4n) is 3.89. The van der Waals surface area contributed by atoms with Gasteiger partial charge in [0.25, 0.3) is 0 Å². The fourth-order valence-corrected chi connectivity index (χ4v) is 4.09. The van der Waals surface area contributed by atoms with Gasteiger partial charge in [0, 0.05) is 17.3 Å². The zero-order valence-corrected chi connectivity index (χ0v) is 17.5. The average molecular weight is 414 g/mol. The van der Waals surface area contributed by atoms with Gasteiger partial charge in [-0.1, -0.05) is 61.7 Å². The van der Waals surface area contributed by atoms with Crippen LogP contribution in [0.15, 0.2) is 48.5 Å². The third-order valence-corrected chi connectivity index (χ3v) is 5.91. The van der Waals surface area contributed by atoms with Gasteiger partial charge in [0.05, 0.1) is 12.1 Å². The van der Waals surface area contributed by atoms with Gasteiger partial charge in [-0.25, -0.2) is 4.79 Å². The topological polar surface area (TPSA) is 61.4 Å². The van der Waals surface area contributed by atoms with Crippen LogP contribution in [0.5, 0.6) is 0 Å². The van der Waals surface area contributed by atoms with Gasteiger partial charge < -0.3 is 15.5 Å². The molecule has 6 heteroatoms. The summed E-state index contributed by atoms with van der Waals surface area (Å²) in [6, 6.07) is 15.0. The van der Waals surface area contributed by atoms with Gasteiger partial charge in [0.15, 0.2) is 0 Å². The van der Waals surface area contributed by atoms with Crippen molar-refractivity contribution < 1.29 is 9.59 Å². The number of benzene rings is 2. The first-order chi connectivity index (χ1) is 14.1. The van der Waals surface area contributed by atoms with Gasteiger partial charge in [-0.05, 0) is 48.6 Å². The van der Waals surface area contributed by atoms with Crippen LogP contribution in [0.3, 0.4) is 0 Å². The van der Waals surface area contributed by atoms with Crippen LogP contribution in [-0.2, 0) is 17.8 Å². The minimum Gasteiger partial charge on any atom is -0.336 e. The molecule has 1 aliphatic carbocycles. The summed E-state index contributed by atoms with van der Waals surface area (Å²) >= 11 is 6.27. The second-order valence-corrected chi connectivity index (χ2v) is 7.88. The number of anilines is 1. The minimum absolute atomic E-state index is 0.0502. The van der Waals surface area contributed by atoms with Gasteiger partial charge in [-0.3, -0.25) is 4.79 Å². The van der Waals surface area contributed by atoms with E-state index in [2.05, 4.69) is 17.6 Å². The number of amides is 3. The molecule has 29 heavy (non-hydrogen) atoms. The molecule has 1 aliphatic rings. The lowest BCUT2D eigenvalue weighted by atomic mass is 9.89. The monoisotopic (exact) mass is 413 g/mol. The van der Waals surface area contributed by atoms with Crippen LogP contribution in [-0.4, -0.2) is 29.4 Å².